The minimum absolute atomic E-state index is 0.201. The lowest BCUT2D eigenvalue weighted by Crippen LogP contribution is -2.02. The summed E-state index contributed by atoms with van der Waals surface area (Å²) in [6, 6.07) is 7.59. The van der Waals surface area contributed by atoms with E-state index < -0.39 is 0 Å². The molecule has 6 heteroatoms. The Labute approximate surface area is 131 Å². The van der Waals surface area contributed by atoms with Crippen molar-refractivity contribution in [1.29, 1.82) is 0 Å². The molecule has 2 aromatic heterocycles. The largest absolute Gasteiger partial charge is 0.469 e. The third-order valence-electron chi connectivity index (χ3n) is 3.24. The van der Waals surface area contributed by atoms with Gasteiger partial charge in [-0.15, -0.1) is 11.3 Å². The molecule has 3 aromatic rings. The van der Waals surface area contributed by atoms with E-state index in [9.17, 15) is 4.79 Å². The summed E-state index contributed by atoms with van der Waals surface area (Å²) >= 11 is 7.46. The van der Waals surface area contributed by atoms with Gasteiger partial charge in [0.2, 0.25) is 0 Å². The lowest BCUT2D eigenvalue weighted by Gasteiger charge is -1.99. The summed E-state index contributed by atoms with van der Waals surface area (Å²) < 4.78 is 6.70. The van der Waals surface area contributed by atoms with E-state index in [0.717, 1.165) is 21.9 Å². The molecule has 0 N–H and O–H groups in total. The van der Waals surface area contributed by atoms with Crippen LogP contribution in [0.2, 0.25) is 5.02 Å². The molecule has 0 saturated carbocycles. The van der Waals surface area contributed by atoms with E-state index in [2.05, 4.69) is 9.72 Å². The Morgan fingerprint density at radius 2 is 2.14 bits per heavy atom. The molecular formula is C15H13ClN2O2S. The average molecular weight is 321 g/mol. The molecule has 0 spiro atoms. The van der Waals surface area contributed by atoms with E-state index in [-0.39, 0.29) is 5.97 Å². The Bertz CT molecular complexity index is 777. The second-order valence-corrected chi connectivity index (χ2v) is 5.86. The molecule has 0 amide bonds. The Morgan fingerprint density at radius 3 is 2.86 bits per heavy atom. The Hall–Kier alpha value is -1.85. The fraction of sp³-hybridized carbons (Fsp3) is 0.200. The molecular weight excluding hydrogens is 308 g/mol. The highest BCUT2D eigenvalue weighted by Crippen LogP contribution is 2.25. The molecule has 2 heterocycles. The fourth-order valence-corrected chi connectivity index (χ4v) is 3.13. The summed E-state index contributed by atoms with van der Waals surface area (Å²) in [5.74, 6) is -0.201. The third kappa shape index (κ3) is 2.94. The number of ether oxygens (including phenoxy) is 1. The number of halogens is 1. The standard InChI is InChI=1S/C15H13ClN2O2S/c1-20-14(19)7-6-12-9-21-15-17-13(8-18(12)15)10-2-4-11(16)5-3-10/h2-5,8-9H,6-7H2,1H3. The second-order valence-electron chi connectivity index (χ2n) is 4.59. The SMILES string of the molecule is COC(=O)CCc1csc2nc(-c3ccc(Cl)cc3)cn12. The summed E-state index contributed by atoms with van der Waals surface area (Å²) in [4.78, 5) is 16.8. The number of aryl methyl sites for hydroxylation is 1. The number of methoxy groups -OCH3 is 1. The Morgan fingerprint density at radius 1 is 1.38 bits per heavy atom. The lowest BCUT2D eigenvalue weighted by atomic mass is 10.2. The van der Waals surface area contributed by atoms with Crippen molar-refractivity contribution in [2.45, 2.75) is 12.8 Å². The van der Waals surface area contributed by atoms with Crippen molar-refractivity contribution < 1.29 is 9.53 Å². The Balaban J connectivity index is 1.88. The zero-order valence-electron chi connectivity index (χ0n) is 11.4. The van der Waals surface area contributed by atoms with Crippen molar-refractivity contribution in [3.05, 3.63) is 46.6 Å². The van der Waals surface area contributed by atoms with Gasteiger partial charge in [-0.05, 0) is 18.6 Å². The van der Waals surface area contributed by atoms with Gasteiger partial charge < -0.3 is 4.74 Å². The highest BCUT2D eigenvalue weighted by atomic mass is 35.5. The normalized spacial score (nSPS) is 11.0. The number of nitrogens with zero attached hydrogens (tertiary/aromatic N) is 2. The highest BCUT2D eigenvalue weighted by molar-refractivity contribution is 7.15. The first-order valence-corrected chi connectivity index (χ1v) is 7.71. The smallest absolute Gasteiger partial charge is 0.305 e. The van der Waals surface area contributed by atoms with E-state index in [1.54, 1.807) is 11.3 Å². The van der Waals surface area contributed by atoms with Gasteiger partial charge in [0.15, 0.2) is 4.96 Å². The van der Waals surface area contributed by atoms with Crippen molar-refractivity contribution in [2.75, 3.05) is 7.11 Å². The summed E-state index contributed by atoms with van der Waals surface area (Å²) in [5.41, 5.74) is 2.99. The zero-order valence-corrected chi connectivity index (χ0v) is 12.9. The number of hydrogen-bond acceptors (Lipinski definition) is 4. The number of carbonyl (C=O) groups is 1. The van der Waals surface area contributed by atoms with Crippen molar-refractivity contribution in [3.8, 4) is 11.3 Å². The first-order chi connectivity index (χ1) is 10.2. The number of thiazole rings is 1. The van der Waals surface area contributed by atoms with E-state index in [4.69, 9.17) is 11.6 Å². The molecule has 0 bridgehead atoms. The third-order valence-corrected chi connectivity index (χ3v) is 4.38. The quantitative estimate of drug-likeness (QED) is 0.686. The van der Waals surface area contributed by atoms with E-state index in [1.165, 1.54) is 7.11 Å². The molecule has 0 atom stereocenters. The number of esters is 1. The van der Waals surface area contributed by atoms with Crippen molar-refractivity contribution in [1.82, 2.24) is 9.38 Å². The number of benzene rings is 1. The number of aromatic nitrogens is 2. The zero-order chi connectivity index (χ0) is 14.8. The molecule has 3 rings (SSSR count). The van der Waals surface area contributed by atoms with Gasteiger partial charge in [0.05, 0.1) is 19.2 Å². The average Bonchev–Trinajstić information content (AvgIpc) is 3.06. The van der Waals surface area contributed by atoms with Gasteiger partial charge in [0.1, 0.15) is 0 Å². The maximum Gasteiger partial charge on any atom is 0.305 e. The maximum absolute atomic E-state index is 11.2. The van der Waals surface area contributed by atoms with Crippen molar-refractivity contribution in [2.24, 2.45) is 0 Å². The van der Waals surface area contributed by atoms with Crippen LogP contribution in [0.4, 0.5) is 0 Å². The van der Waals surface area contributed by atoms with Gasteiger partial charge in [-0.3, -0.25) is 9.20 Å². The van der Waals surface area contributed by atoms with E-state index in [1.807, 2.05) is 40.2 Å². The van der Waals surface area contributed by atoms with Gasteiger partial charge in [-0.2, -0.15) is 0 Å². The molecule has 1 aromatic carbocycles. The minimum Gasteiger partial charge on any atom is -0.469 e. The monoisotopic (exact) mass is 320 g/mol. The maximum atomic E-state index is 11.2. The number of imidazole rings is 1. The van der Waals surface area contributed by atoms with Crippen LogP contribution in [-0.2, 0) is 16.0 Å². The number of hydrogen-bond donors (Lipinski definition) is 0. The molecule has 0 saturated heterocycles. The molecule has 0 aliphatic carbocycles. The van der Waals surface area contributed by atoms with Crippen LogP contribution in [0.1, 0.15) is 12.1 Å². The molecule has 0 aliphatic rings. The van der Waals surface area contributed by atoms with Gasteiger partial charge in [-0.25, -0.2) is 4.98 Å². The summed E-state index contributed by atoms with van der Waals surface area (Å²) in [7, 11) is 1.40. The minimum atomic E-state index is -0.201. The van der Waals surface area contributed by atoms with Gasteiger partial charge in [0, 0.05) is 27.9 Å². The van der Waals surface area contributed by atoms with Gasteiger partial charge in [-0.1, -0.05) is 23.7 Å². The highest BCUT2D eigenvalue weighted by Gasteiger charge is 2.11. The molecule has 21 heavy (non-hydrogen) atoms. The number of fused-ring (bicyclic) bond motifs is 1. The number of carbonyl (C=O) groups excluding carboxylic acids is 1. The van der Waals surface area contributed by atoms with Crippen LogP contribution in [0.25, 0.3) is 16.2 Å². The van der Waals surface area contributed by atoms with Gasteiger partial charge >= 0.3 is 5.97 Å². The van der Waals surface area contributed by atoms with Gasteiger partial charge in [0.25, 0.3) is 0 Å². The van der Waals surface area contributed by atoms with Crippen LogP contribution < -0.4 is 0 Å². The van der Waals surface area contributed by atoms with Crippen molar-refractivity contribution >= 4 is 33.9 Å². The molecule has 0 aliphatic heterocycles. The first kappa shape index (κ1) is 14.1. The topological polar surface area (TPSA) is 43.6 Å². The summed E-state index contributed by atoms with van der Waals surface area (Å²) in [6.45, 7) is 0. The molecule has 0 fully saturated rings. The van der Waals surface area contributed by atoms with Crippen LogP contribution in [-0.4, -0.2) is 22.5 Å². The lowest BCUT2D eigenvalue weighted by molar-refractivity contribution is -0.140. The molecule has 4 nitrogen and oxygen atoms in total. The van der Waals surface area contributed by atoms with Crippen LogP contribution >= 0.6 is 22.9 Å². The molecule has 108 valence electrons. The second kappa shape index (κ2) is 5.87. The summed E-state index contributed by atoms with van der Waals surface area (Å²) in [6.07, 6.45) is 3.00. The van der Waals surface area contributed by atoms with Crippen molar-refractivity contribution in [3.63, 3.8) is 0 Å². The van der Waals surface area contributed by atoms with Crippen LogP contribution in [0.5, 0.6) is 0 Å². The van der Waals surface area contributed by atoms with Crippen LogP contribution in [0.15, 0.2) is 35.8 Å². The molecule has 0 radical (unpaired) electrons. The first-order valence-electron chi connectivity index (χ1n) is 6.45. The van der Waals surface area contributed by atoms with Crippen LogP contribution in [0.3, 0.4) is 0 Å². The summed E-state index contributed by atoms with van der Waals surface area (Å²) in [5, 5.41) is 2.73. The predicted molar refractivity (Wildman–Crippen MR) is 83.9 cm³/mol. The van der Waals surface area contributed by atoms with Crippen LogP contribution in [0, 0.1) is 0 Å². The molecule has 0 unspecified atom stereocenters. The Kier molecular flexibility index (Phi) is 3.94. The number of rotatable bonds is 4. The van der Waals surface area contributed by atoms with E-state index in [0.29, 0.717) is 17.9 Å². The van der Waals surface area contributed by atoms with E-state index >= 15 is 0 Å². The predicted octanol–water partition coefficient (Wildman–Crippen LogP) is 3.82. The fourth-order valence-electron chi connectivity index (χ4n) is 2.10.